The third-order valence-corrected chi connectivity index (χ3v) is 2.31. The first kappa shape index (κ1) is 11.1. The van der Waals surface area contributed by atoms with Gasteiger partial charge in [-0.3, -0.25) is 4.79 Å². The molecule has 84 valence electrons. The highest BCUT2D eigenvalue weighted by Gasteiger charge is 2.12. The SMILES string of the molecule is CC(=O)OCc1nc2cc(Br)cc(F)c2o1. The lowest BCUT2D eigenvalue weighted by Gasteiger charge is -1.94. The summed E-state index contributed by atoms with van der Waals surface area (Å²) in [6.45, 7) is 1.18. The maximum absolute atomic E-state index is 13.4. The second-order valence-corrected chi connectivity index (χ2v) is 4.04. The molecule has 0 fully saturated rings. The van der Waals surface area contributed by atoms with E-state index < -0.39 is 11.8 Å². The topological polar surface area (TPSA) is 52.3 Å². The van der Waals surface area contributed by atoms with Crippen LogP contribution in [0.3, 0.4) is 0 Å². The van der Waals surface area contributed by atoms with Crippen molar-refractivity contribution in [1.82, 2.24) is 4.98 Å². The van der Waals surface area contributed by atoms with Gasteiger partial charge >= 0.3 is 5.97 Å². The molecule has 0 aliphatic heterocycles. The number of esters is 1. The van der Waals surface area contributed by atoms with Gasteiger partial charge in [0.25, 0.3) is 0 Å². The van der Waals surface area contributed by atoms with Crippen molar-refractivity contribution in [3.05, 3.63) is 28.3 Å². The number of nitrogens with zero attached hydrogens (tertiary/aromatic N) is 1. The summed E-state index contributed by atoms with van der Waals surface area (Å²) < 4.78 is 23.8. The number of carbonyl (C=O) groups excluding carboxylic acids is 1. The molecule has 4 nitrogen and oxygen atoms in total. The van der Waals surface area contributed by atoms with E-state index in [9.17, 15) is 9.18 Å². The van der Waals surface area contributed by atoms with Crippen LogP contribution in [-0.2, 0) is 16.1 Å². The van der Waals surface area contributed by atoms with Crippen molar-refractivity contribution >= 4 is 33.0 Å². The number of fused-ring (bicyclic) bond motifs is 1. The molecule has 0 atom stereocenters. The molecule has 2 aromatic rings. The van der Waals surface area contributed by atoms with Gasteiger partial charge < -0.3 is 9.15 Å². The third kappa shape index (κ3) is 2.21. The number of rotatable bonds is 2. The predicted octanol–water partition coefficient (Wildman–Crippen LogP) is 2.79. The van der Waals surface area contributed by atoms with Gasteiger partial charge in [0.05, 0.1) is 0 Å². The van der Waals surface area contributed by atoms with Crippen LogP contribution in [0, 0.1) is 5.82 Å². The second-order valence-electron chi connectivity index (χ2n) is 3.12. The highest BCUT2D eigenvalue weighted by molar-refractivity contribution is 9.10. The normalized spacial score (nSPS) is 10.7. The summed E-state index contributed by atoms with van der Waals surface area (Å²) in [6.07, 6.45) is 0. The number of aromatic nitrogens is 1. The standard InChI is InChI=1S/C10H7BrFNO3/c1-5(14)15-4-9-13-8-3-6(11)2-7(12)10(8)16-9/h2-3H,4H2,1H3. The Hall–Kier alpha value is -1.43. The number of halogens is 2. The Morgan fingerprint density at radius 3 is 3.06 bits per heavy atom. The van der Waals surface area contributed by atoms with Crippen LogP contribution in [0.15, 0.2) is 21.0 Å². The molecular formula is C10H7BrFNO3. The summed E-state index contributed by atoms with van der Waals surface area (Å²) in [5.74, 6) is -0.781. The van der Waals surface area contributed by atoms with E-state index in [4.69, 9.17) is 9.15 Å². The molecule has 1 aromatic heterocycles. The number of ether oxygens (including phenoxy) is 1. The van der Waals surface area contributed by atoms with E-state index in [2.05, 4.69) is 20.9 Å². The Morgan fingerprint density at radius 1 is 1.62 bits per heavy atom. The summed E-state index contributed by atoms with van der Waals surface area (Å²) in [4.78, 5) is 14.6. The zero-order chi connectivity index (χ0) is 11.7. The van der Waals surface area contributed by atoms with Crippen LogP contribution >= 0.6 is 15.9 Å². The van der Waals surface area contributed by atoms with Gasteiger partial charge in [0.1, 0.15) is 5.52 Å². The fraction of sp³-hybridized carbons (Fsp3) is 0.200. The highest BCUT2D eigenvalue weighted by Crippen LogP contribution is 2.24. The van der Waals surface area contributed by atoms with Gasteiger partial charge in [-0.25, -0.2) is 9.37 Å². The minimum Gasteiger partial charge on any atom is -0.456 e. The van der Waals surface area contributed by atoms with Crippen molar-refractivity contribution in [3.63, 3.8) is 0 Å². The maximum atomic E-state index is 13.4. The Bertz CT molecular complexity index is 552. The summed E-state index contributed by atoms with van der Waals surface area (Å²) in [7, 11) is 0. The van der Waals surface area contributed by atoms with Crippen molar-refractivity contribution in [3.8, 4) is 0 Å². The van der Waals surface area contributed by atoms with E-state index in [1.807, 2.05) is 0 Å². The Balaban J connectivity index is 2.36. The lowest BCUT2D eigenvalue weighted by molar-refractivity contribution is -0.142. The Morgan fingerprint density at radius 2 is 2.38 bits per heavy atom. The van der Waals surface area contributed by atoms with Crippen LogP contribution in [0.5, 0.6) is 0 Å². The average Bonchev–Trinajstić information content (AvgIpc) is 2.57. The van der Waals surface area contributed by atoms with E-state index in [1.54, 1.807) is 6.07 Å². The average molecular weight is 288 g/mol. The van der Waals surface area contributed by atoms with E-state index in [0.717, 1.165) is 0 Å². The Labute approximate surface area is 98.5 Å². The monoisotopic (exact) mass is 287 g/mol. The van der Waals surface area contributed by atoms with Crippen LogP contribution in [-0.4, -0.2) is 11.0 Å². The smallest absolute Gasteiger partial charge is 0.303 e. The number of carbonyl (C=O) groups is 1. The molecule has 16 heavy (non-hydrogen) atoms. The fourth-order valence-electron chi connectivity index (χ4n) is 1.23. The molecule has 0 bridgehead atoms. The van der Waals surface area contributed by atoms with Gasteiger partial charge in [0.2, 0.25) is 5.89 Å². The van der Waals surface area contributed by atoms with Crippen LogP contribution < -0.4 is 0 Å². The zero-order valence-electron chi connectivity index (χ0n) is 8.29. The molecule has 0 N–H and O–H groups in total. The quantitative estimate of drug-likeness (QED) is 0.797. The summed E-state index contributed by atoms with van der Waals surface area (Å²) in [5.41, 5.74) is 0.444. The predicted molar refractivity (Wildman–Crippen MR) is 57.1 cm³/mol. The van der Waals surface area contributed by atoms with Crippen LogP contribution in [0.2, 0.25) is 0 Å². The summed E-state index contributed by atoms with van der Waals surface area (Å²) in [5, 5.41) is 0. The molecule has 0 radical (unpaired) electrons. The van der Waals surface area contributed by atoms with Gasteiger partial charge in [0, 0.05) is 11.4 Å². The van der Waals surface area contributed by atoms with Crippen LogP contribution in [0.1, 0.15) is 12.8 Å². The molecule has 2 rings (SSSR count). The van der Waals surface area contributed by atoms with Gasteiger partial charge in [-0.15, -0.1) is 0 Å². The van der Waals surface area contributed by atoms with Crippen molar-refractivity contribution in [2.24, 2.45) is 0 Å². The Kier molecular flexibility index (Phi) is 2.91. The molecule has 6 heteroatoms. The van der Waals surface area contributed by atoms with Crippen molar-refractivity contribution in [1.29, 1.82) is 0 Å². The second kappa shape index (κ2) is 4.21. The summed E-state index contributed by atoms with van der Waals surface area (Å²) in [6, 6.07) is 2.91. The van der Waals surface area contributed by atoms with Crippen LogP contribution in [0.25, 0.3) is 11.1 Å². The van der Waals surface area contributed by atoms with E-state index in [-0.39, 0.29) is 18.1 Å². The molecule has 1 heterocycles. The molecule has 0 unspecified atom stereocenters. The van der Waals surface area contributed by atoms with E-state index >= 15 is 0 Å². The first-order valence-corrected chi connectivity index (χ1v) is 5.23. The maximum Gasteiger partial charge on any atom is 0.303 e. The van der Waals surface area contributed by atoms with Gasteiger partial charge in [-0.05, 0) is 12.1 Å². The molecule has 0 spiro atoms. The lowest BCUT2D eigenvalue weighted by atomic mass is 10.3. The van der Waals surface area contributed by atoms with Crippen molar-refractivity contribution < 1.29 is 18.3 Å². The number of oxazole rings is 1. The fourth-order valence-corrected chi connectivity index (χ4v) is 1.65. The number of hydrogen-bond acceptors (Lipinski definition) is 4. The van der Waals surface area contributed by atoms with E-state index in [1.165, 1.54) is 13.0 Å². The summed E-state index contributed by atoms with van der Waals surface area (Å²) >= 11 is 3.15. The molecule has 0 saturated heterocycles. The molecule has 0 saturated carbocycles. The van der Waals surface area contributed by atoms with E-state index in [0.29, 0.717) is 9.99 Å². The number of hydrogen-bond donors (Lipinski definition) is 0. The minimum atomic E-state index is -0.508. The molecule has 0 aliphatic carbocycles. The van der Waals surface area contributed by atoms with Crippen molar-refractivity contribution in [2.75, 3.05) is 0 Å². The zero-order valence-corrected chi connectivity index (χ0v) is 9.88. The van der Waals surface area contributed by atoms with Gasteiger partial charge in [0.15, 0.2) is 18.0 Å². The molecule has 0 aliphatic rings. The van der Waals surface area contributed by atoms with Crippen LogP contribution in [0.4, 0.5) is 4.39 Å². The van der Waals surface area contributed by atoms with Gasteiger partial charge in [-0.1, -0.05) is 15.9 Å². The first-order valence-electron chi connectivity index (χ1n) is 4.44. The first-order chi connectivity index (χ1) is 7.56. The lowest BCUT2D eigenvalue weighted by Crippen LogP contribution is -1.98. The third-order valence-electron chi connectivity index (χ3n) is 1.85. The molecular weight excluding hydrogens is 281 g/mol. The largest absolute Gasteiger partial charge is 0.456 e. The molecule has 1 aromatic carbocycles. The number of benzene rings is 1. The highest BCUT2D eigenvalue weighted by atomic mass is 79.9. The van der Waals surface area contributed by atoms with Crippen molar-refractivity contribution in [2.45, 2.75) is 13.5 Å². The minimum absolute atomic E-state index is 0.0605. The molecule has 0 amide bonds. The van der Waals surface area contributed by atoms with Gasteiger partial charge in [-0.2, -0.15) is 0 Å².